The first kappa shape index (κ1) is 23.1. The van der Waals surface area contributed by atoms with Crippen LogP contribution >= 0.6 is 0 Å². The minimum Gasteiger partial charge on any atom is -0.454 e. The van der Waals surface area contributed by atoms with E-state index in [0.717, 1.165) is 11.2 Å². The van der Waals surface area contributed by atoms with E-state index in [1.165, 1.54) is 31.2 Å². The van der Waals surface area contributed by atoms with Crippen LogP contribution in [-0.4, -0.2) is 55.8 Å². The highest BCUT2D eigenvalue weighted by Crippen LogP contribution is 2.22. The molecule has 1 N–H and O–H groups in total. The van der Waals surface area contributed by atoms with E-state index in [1.54, 1.807) is 24.3 Å². The predicted octanol–water partition coefficient (Wildman–Crippen LogP) is 2.25. The smallest absolute Gasteiger partial charge is 0.306 e. The minimum atomic E-state index is -3.43. The maximum Gasteiger partial charge on any atom is 0.306 e. The van der Waals surface area contributed by atoms with Crippen molar-refractivity contribution >= 4 is 39.3 Å². The van der Waals surface area contributed by atoms with Crippen LogP contribution in [-0.2, 0) is 19.6 Å². The van der Waals surface area contributed by atoms with E-state index in [9.17, 15) is 27.6 Å². The molecule has 10 heteroatoms. The van der Waals surface area contributed by atoms with Gasteiger partial charge in [0.2, 0.25) is 15.8 Å². The highest BCUT2D eigenvalue weighted by atomic mass is 32.2. The van der Waals surface area contributed by atoms with Crippen molar-refractivity contribution < 1.29 is 32.3 Å². The van der Waals surface area contributed by atoms with Crippen LogP contribution in [0.5, 0.6) is 0 Å². The van der Waals surface area contributed by atoms with Gasteiger partial charge < -0.3 is 4.74 Å². The molecule has 1 atom stereocenters. The number of anilines is 1. The highest BCUT2D eigenvalue weighted by Gasteiger charge is 2.34. The highest BCUT2D eigenvalue weighted by molar-refractivity contribution is 7.92. The maximum absolute atomic E-state index is 12.5. The Morgan fingerprint density at radius 3 is 2.09 bits per heavy atom. The van der Waals surface area contributed by atoms with E-state index in [4.69, 9.17) is 4.74 Å². The third-order valence-electron chi connectivity index (χ3n) is 4.79. The van der Waals surface area contributed by atoms with Crippen molar-refractivity contribution in [3.63, 3.8) is 0 Å². The molecule has 2 amide bonds. The Labute approximate surface area is 185 Å². The van der Waals surface area contributed by atoms with Crippen molar-refractivity contribution in [2.24, 2.45) is 0 Å². The lowest BCUT2D eigenvalue weighted by atomic mass is 10.1. The van der Waals surface area contributed by atoms with Crippen LogP contribution in [0.15, 0.2) is 48.5 Å². The molecule has 1 aliphatic heterocycles. The van der Waals surface area contributed by atoms with E-state index in [2.05, 4.69) is 4.72 Å². The zero-order valence-corrected chi connectivity index (χ0v) is 18.3. The first-order valence-corrected chi connectivity index (χ1v) is 11.7. The van der Waals surface area contributed by atoms with E-state index in [1.807, 2.05) is 0 Å². The number of imide groups is 1. The number of sulfonamides is 1. The number of carbonyl (C=O) groups excluding carboxylic acids is 4. The minimum absolute atomic E-state index is 0.0672. The van der Waals surface area contributed by atoms with Gasteiger partial charge in [0.15, 0.2) is 6.10 Å². The van der Waals surface area contributed by atoms with Gasteiger partial charge in [-0.2, -0.15) is 0 Å². The summed E-state index contributed by atoms with van der Waals surface area (Å²) in [5, 5.41) is 0. The van der Waals surface area contributed by atoms with Gasteiger partial charge in [0, 0.05) is 24.2 Å². The van der Waals surface area contributed by atoms with Crippen LogP contribution < -0.4 is 4.72 Å². The largest absolute Gasteiger partial charge is 0.454 e. The number of hydrogen-bond acceptors (Lipinski definition) is 7. The summed E-state index contributed by atoms with van der Waals surface area (Å²) in [5.74, 6) is -1.85. The Morgan fingerprint density at radius 1 is 1.00 bits per heavy atom. The number of esters is 1. The molecular formula is C22H22N2O7S. The Hall–Kier alpha value is -3.53. The van der Waals surface area contributed by atoms with Gasteiger partial charge in [0.25, 0.3) is 11.8 Å². The normalized spacial score (nSPS) is 14.1. The van der Waals surface area contributed by atoms with Crippen LogP contribution in [0.2, 0.25) is 0 Å². The quantitative estimate of drug-likeness (QED) is 0.347. The Bertz CT molecular complexity index is 1140. The molecule has 9 nitrogen and oxygen atoms in total. The number of nitrogens with zero attached hydrogens (tertiary/aromatic N) is 1. The lowest BCUT2D eigenvalue weighted by Gasteiger charge is -2.15. The van der Waals surface area contributed by atoms with Gasteiger partial charge in [-0.25, -0.2) is 8.42 Å². The van der Waals surface area contributed by atoms with Gasteiger partial charge in [-0.15, -0.1) is 0 Å². The molecule has 32 heavy (non-hydrogen) atoms. The second kappa shape index (κ2) is 9.31. The third-order valence-corrected chi connectivity index (χ3v) is 5.40. The maximum atomic E-state index is 12.5. The predicted molar refractivity (Wildman–Crippen MR) is 116 cm³/mol. The summed E-state index contributed by atoms with van der Waals surface area (Å²) >= 11 is 0. The van der Waals surface area contributed by atoms with Crippen molar-refractivity contribution in [3.05, 3.63) is 65.2 Å². The van der Waals surface area contributed by atoms with Crippen molar-refractivity contribution in [2.45, 2.75) is 25.9 Å². The molecule has 0 bridgehead atoms. The summed E-state index contributed by atoms with van der Waals surface area (Å²) in [5.41, 5.74) is 1.26. The molecule has 1 heterocycles. The topological polar surface area (TPSA) is 127 Å². The number of ketones is 1. The van der Waals surface area contributed by atoms with Crippen LogP contribution in [0.25, 0.3) is 0 Å². The molecule has 168 valence electrons. The third kappa shape index (κ3) is 5.38. The summed E-state index contributed by atoms with van der Waals surface area (Å²) in [4.78, 5) is 50.3. The number of hydrogen-bond donors (Lipinski definition) is 1. The van der Waals surface area contributed by atoms with Gasteiger partial charge in [-0.1, -0.05) is 12.1 Å². The number of Topliss-reactive ketones (excluding diaryl/α,β-unsaturated/α-hetero) is 1. The first-order valence-electron chi connectivity index (χ1n) is 9.83. The Balaban J connectivity index is 1.48. The van der Waals surface area contributed by atoms with E-state index in [-0.39, 0.29) is 24.9 Å². The number of amides is 2. The number of carbonyl (C=O) groups is 4. The summed E-state index contributed by atoms with van der Waals surface area (Å²) in [7, 11) is -3.43. The number of ether oxygens (including phenoxy) is 1. The number of fused-ring (bicyclic) bond motifs is 1. The van der Waals surface area contributed by atoms with Crippen LogP contribution in [0.4, 0.5) is 5.69 Å². The van der Waals surface area contributed by atoms with Gasteiger partial charge in [-0.3, -0.25) is 28.8 Å². The number of benzene rings is 2. The SMILES string of the molecule is C[C@@H](OC(=O)CCCN1C(=O)c2ccccc2C1=O)C(=O)c1ccc(NS(C)(=O)=O)cc1. The van der Waals surface area contributed by atoms with Crippen molar-refractivity contribution in [3.8, 4) is 0 Å². The molecule has 0 aliphatic carbocycles. The van der Waals surface area contributed by atoms with Crippen LogP contribution in [0.3, 0.4) is 0 Å². The van der Waals surface area contributed by atoms with E-state index >= 15 is 0 Å². The lowest BCUT2D eigenvalue weighted by molar-refractivity contribution is -0.146. The fourth-order valence-electron chi connectivity index (χ4n) is 3.28. The summed E-state index contributed by atoms with van der Waals surface area (Å²) < 4.78 is 29.9. The Morgan fingerprint density at radius 2 is 1.56 bits per heavy atom. The zero-order chi connectivity index (χ0) is 23.5. The molecule has 0 fully saturated rings. The summed E-state index contributed by atoms with van der Waals surface area (Å²) in [6.45, 7) is 1.51. The van der Waals surface area contributed by atoms with E-state index in [0.29, 0.717) is 16.8 Å². The van der Waals surface area contributed by atoms with Crippen molar-refractivity contribution in [2.75, 3.05) is 17.5 Å². The van der Waals surface area contributed by atoms with Gasteiger partial charge in [0.1, 0.15) is 0 Å². The molecule has 0 aromatic heterocycles. The first-order chi connectivity index (χ1) is 15.1. The second-order valence-corrected chi connectivity index (χ2v) is 9.11. The fourth-order valence-corrected chi connectivity index (χ4v) is 3.85. The summed E-state index contributed by atoms with van der Waals surface area (Å²) in [6.07, 6.45) is 0.108. The molecule has 2 aromatic carbocycles. The monoisotopic (exact) mass is 458 g/mol. The second-order valence-electron chi connectivity index (χ2n) is 7.36. The number of rotatable bonds is 9. The standard InChI is InChI=1S/C22H22N2O7S/c1-14(20(26)15-9-11-16(12-10-15)23-32(2,29)30)31-19(25)8-5-13-24-21(27)17-6-3-4-7-18(17)22(24)28/h3-4,6-7,9-12,14,23H,5,8,13H2,1-2H3/t14-/m1/s1. The molecule has 3 rings (SSSR count). The van der Waals surface area contributed by atoms with Crippen LogP contribution in [0.1, 0.15) is 50.8 Å². The van der Waals surface area contributed by atoms with Gasteiger partial charge in [0.05, 0.1) is 17.4 Å². The molecule has 0 saturated heterocycles. The van der Waals surface area contributed by atoms with Crippen molar-refractivity contribution in [1.29, 1.82) is 0 Å². The molecule has 0 radical (unpaired) electrons. The zero-order valence-electron chi connectivity index (χ0n) is 17.5. The molecular weight excluding hydrogens is 436 g/mol. The van der Waals surface area contributed by atoms with Gasteiger partial charge >= 0.3 is 5.97 Å². The molecule has 0 saturated carbocycles. The average molecular weight is 458 g/mol. The lowest BCUT2D eigenvalue weighted by Crippen LogP contribution is -2.31. The molecule has 1 aliphatic rings. The van der Waals surface area contributed by atoms with Crippen LogP contribution in [0, 0.1) is 0 Å². The van der Waals surface area contributed by atoms with Crippen molar-refractivity contribution in [1.82, 2.24) is 4.90 Å². The fraction of sp³-hybridized carbons (Fsp3) is 0.273. The molecule has 2 aromatic rings. The average Bonchev–Trinajstić information content (AvgIpc) is 2.97. The summed E-state index contributed by atoms with van der Waals surface area (Å²) in [6, 6.07) is 12.3. The molecule has 0 spiro atoms. The van der Waals surface area contributed by atoms with E-state index < -0.39 is 39.7 Å². The Kier molecular flexibility index (Phi) is 6.73. The molecule has 0 unspecified atom stereocenters. The van der Waals surface area contributed by atoms with Gasteiger partial charge in [-0.05, 0) is 49.7 Å². The number of nitrogens with one attached hydrogen (secondary N) is 1.